The largest absolute Gasteiger partial charge is 0.456 e. The molecule has 8 heteroatoms. The van der Waals surface area contributed by atoms with Gasteiger partial charge in [0.05, 0.1) is 21.2 Å². The lowest BCUT2D eigenvalue weighted by Gasteiger charge is -2.37. The average Bonchev–Trinajstić information content (AvgIpc) is 2.93. The standard InChI is InChI=1S/C30H16O6P2/c31-37-25-13-3-1-7-17(25)33-19-9-5-11-21(29(19)37)35-23-15-24-28(16-27(23)37)38(32)26-14-4-2-8-18(26)34-20-10-6-12-22(36-24)30(20)38/h1-16H. The Morgan fingerprint density at radius 3 is 1.18 bits per heavy atom. The van der Waals surface area contributed by atoms with E-state index in [1.54, 1.807) is 36.4 Å². The van der Waals surface area contributed by atoms with Gasteiger partial charge in [0.2, 0.25) is 0 Å². The van der Waals surface area contributed by atoms with E-state index in [0.717, 1.165) is 0 Å². The zero-order valence-electron chi connectivity index (χ0n) is 19.6. The van der Waals surface area contributed by atoms with Crippen LogP contribution in [0.3, 0.4) is 0 Å². The first-order valence-electron chi connectivity index (χ1n) is 12.1. The second kappa shape index (κ2) is 6.79. The lowest BCUT2D eigenvalue weighted by molar-refractivity contribution is 0.449. The predicted octanol–water partition coefficient (Wildman–Crippen LogP) is 5.39. The van der Waals surface area contributed by atoms with E-state index >= 15 is 9.13 Å². The molecule has 4 heterocycles. The third-order valence-corrected chi connectivity index (χ3v) is 13.9. The van der Waals surface area contributed by atoms with Crippen molar-refractivity contribution in [1.29, 1.82) is 0 Å². The van der Waals surface area contributed by atoms with E-state index in [1.165, 1.54) is 0 Å². The van der Waals surface area contributed by atoms with Crippen molar-refractivity contribution in [2.24, 2.45) is 0 Å². The van der Waals surface area contributed by atoms with Crippen molar-refractivity contribution in [3.8, 4) is 46.0 Å². The van der Waals surface area contributed by atoms with Gasteiger partial charge in [-0.25, -0.2) is 0 Å². The van der Waals surface area contributed by atoms with Gasteiger partial charge < -0.3 is 28.1 Å². The summed E-state index contributed by atoms with van der Waals surface area (Å²) < 4.78 is 55.7. The molecule has 4 aliphatic heterocycles. The van der Waals surface area contributed by atoms with Crippen molar-refractivity contribution < 1.29 is 28.1 Å². The van der Waals surface area contributed by atoms with Crippen LogP contribution in [0.1, 0.15) is 0 Å². The fourth-order valence-corrected chi connectivity index (χ4v) is 12.2. The molecule has 0 aliphatic carbocycles. The highest BCUT2D eigenvalue weighted by molar-refractivity contribution is 7.87. The van der Waals surface area contributed by atoms with Crippen LogP contribution in [0, 0.1) is 0 Å². The summed E-state index contributed by atoms with van der Waals surface area (Å²) in [4.78, 5) is 0. The van der Waals surface area contributed by atoms with E-state index in [9.17, 15) is 0 Å². The topological polar surface area (TPSA) is 71.1 Å². The second-order valence-corrected chi connectivity index (χ2v) is 14.8. The lowest BCUT2D eigenvalue weighted by atomic mass is 10.2. The Balaban J connectivity index is 1.39. The molecular weight excluding hydrogens is 518 g/mol. The number of hydrogen-bond acceptors (Lipinski definition) is 6. The minimum absolute atomic E-state index is 0.418. The van der Waals surface area contributed by atoms with Crippen LogP contribution < -0.4 is 50.8 Å². The summed E-state index contributed by atoms with van der Waals surface area (Å²) in [6.45, 7) is 0. The van der Waals surface area contributed by atoms with E-state index in [2.05, 4.69) is 0 Å². The average molecular weight is 534 g/mol. The van der Waals surface area contributed by atoms with Crippen LogP contribution in [0.4, 0.5) is 0 Å². The molecule has 0 aromatic heterocycles. The van der Waals surface area contributed by atoms with Gasteiger partial charge in [0.25, 0.3) is 0 Å². The number of rotatable bonds is 0. The molecule has 0 radical (unpaired) electrons. The van der Waals surface area contributed by atoms with Gasteiger partial charge in [-0.05, 0) is 54.6 Å². The van der Waals surface area contributed by atoms with E-state index in [0.29, 0.717) is 77.8 Å². The molecule has 0 spiro atoms. The van der Waals surface area contributed by atoms with Gasteiger partial charge in [0.15, 0.2) is 14.3 Å². The van der Waals surface area contributed by atoms with Gasteiger partial charge in [-0.1, -0.05) is 36.4 Å². The van der Waals surface area contributed by atoms with E-state index in [1.807, 2.05) is 60.7 Å². The highest BCUT2D eigenvalue weighted by Crippen LogP contribution is 2.62. The Bertz CT molecular complexity index is 1870. The smallest absolute Gasteiger partial charge is 0.185 e. The van der Waals surface area contributed by atoms with Crippen LogP contribution in [-0.2, 0) is 9.13 Å². The SMILES string of the molecule is O=P12c3ccccc3Oc3cccc(c31)Oc1cc3c(cc12)P1(=O)c2ccccc2Oc2cccc(c21)O3. The van der Waals surface area contributed by atoms with Crippen molar-refractivity contribution in [3.63, 3.8) is 0 Å². The van der Waals surface area contributed by atoms with Gasteiger partial charge >= 0.3 is 0 Å². The van der Waals surface area contributed by atoms with Crippen molar-refractivity contribution in [3.05, 3.63) is 97.1 Å². The number of para-hydroxylation sites is 2. The summed E-state index contributed by atoms with van der Waals surface area (Å²) in [6.07, 6.45) is 0. The van der Waals surface area contributed by atoms with Crippen molar-refractivity contribution in [2.75, 3.05) is 0 Å². The molecular formula is C30H16O6P2. The molecule has 9 rings (SSSR count). The van der Waals surface area contributed by atoms with Gasteiger partial charge in [-0.3, -0.25) is 0 Å². The molecule has 2 atom stereocenters. The number of fused-ring (bicyclic) bond motifs is 8. The Kier molecular flexibility index (Phi) is 3.71. The van der Waals surface area contributed by atoms with Crippen molar-refractivity contribution in [1.82, 2.24) is 0 Å². The fourth-order valence-electron chi connectivity index (χ4n) is 5.97. The Morgan fingerprint density at radius 1 is 0.368 bits per heavy atom. The van der Waals surface area contributed by atoms with Crippen LogP contribution in [-0.4, -0.2) is 0 Å². The first-order chi connectivity index (χ1) is 18.6. The quantitative estimate of drug-likeness (QED) is 0.243. The summed E-state index contributed by atoms with van der Waals surface area (Å²) in [5, 5.41) is 3.19. The van der Waals surface area contributed by atoms with E-state index < -0.39 is 14.3 Å². The molecule has 5 aromatic carbocycles. The normalized spacial score (nSPS) is 21.9. The zero-order valence-corrected chi connectivity index (χ0v) is 21.4. The molecule has 38 heavy (non-hydrogen) atoms. The maximum absolute atomic E-state index is 15.4. The molecule has 182 valence electrons. The molecule has 2 unspecified atom stereocenters. The van der Waals surface area contributed by atoms with Gasteiger partial charge in [-0.15, -0.1) is 0 Å². The zero-order chi connectivity index (χ0) is 25.2. The molecule has 0 bridgehead atoms. The van der Waals surface area contributed by atoms with Crippen LogP contribution in [0.25, 0.3) is 0 Å². The van der Waals surface area contributed by atoms with E-state index in [4.69, 9.17) is 18.9 Å². The number of benzene rings is 5. The molecule has 0 saturated carbocycles. The molecule has 4 aliphatic rings. The maximum Gasteiger partial charge on any atom is 0.185 e. The van der Waals surface area contributed by atoms with Crippen LogP contribution in [0.2, 0.25) is 0 Å². The summed E-state index contributed by atoms with van der Waals surface area (Å²) in [5.41, 5.74) is 0. The van der Waals surface area contributed by atoms with Gasteiger partial charge in [0.1, 0.15) is 56.6 Å². The third-order valence-electron chi connectivity index (χ3n) is 7.56. The predicted molar refractivity (Wildman–Crippen MR) is 146 cm³/mol. The molecule has 5 aromatic rings. The molecule has 0 N–H and O–H groups in total. The molecule has 0 saturated heterocycles. The Morgan fingerprint density at radius 2 is 0.737 bits per heavy atom. The first kappa shape index (κ1) is 20.8. The Labute approximate surface area is 217 Å². The highest BCUT2D eigenvalue weighted by atomic mass is 31.2. The van der Waals surface area contributed by atoms with Crippen LogP contribution >= 0.6 is 14.3 Å². The number of ether oxygens (including phenoxy) is 4. The third kappa shape index (κ3) is 2.32. The summed E-state index contributed by atoms with van der Waals surface area (Å²) in [7, 11) is -6.90. The van der Waals surface area contributed by atoms with E-state index in [-0.39, 0.29) is 0 Å². The summed E-state index contributed by atoms with van der Waals surface area (Å²) in [6, 6.07) is 29.1. The first-order valence-corrected chi connectivity index (χ1v) is 15.6. The summed E-state index contributed by atoms with van der Waals surface area (Å²) >= 11 is 0. The van der Waals surface area contributed by atoms with Crippen LogP contribution in [0.15, 0.2) is 97.1 Å². The maximum atomic E-state index is 15.4. The number of hydrogen-bond donors (Lipinski definition) is 0. The van der Waals surface area contributed by atoms with Crippen LogP contribution in [0.5, 0.6) is 46.0 Å². The summed E-state index contributed by atoms with van der Waals surface area (Å²) in [5.74, 6) is 3.88. The van der Waals surface area contributed by atoms with Crippen molar-refractivity contribution >= 4 is 46.1 Å². The molecule has 0 amide bonds. The highest BCUT2D eigenvalue weighted by Gasteiger charge is 2.51. The fraction of sp³-hybridized carbons (Fsp3) is 0. The van der Waals surface area contributed by atoms with Gasteiger partial charge in [-0.2, -0.15) is 0 Å². The second-order valence-electron chi connectivity index (χ2n) is 9.56. The Hall–Kier alpha value is -4.24. The minimum atomic E-state index is -3.45. The lowest BCUT2D eigenvalue weighted by Crippen LogP contribution is -2.39. The monoisotopic (exact) mass is 534 g/mol. The minimum Gasteiger partial charge on any atom is -0.456 e. The molecule has 6 nitrogen and oxygen atoms in total. The van der Waals surface area contributed by atoms with Crippen molar-refractivity contribution in [2.45, 2.75) is 0 Å². The van der Waals surface area contributed by atoms with Gasteiger partial charge in [0, 0.05) is 6.07 Å². The molecule has 0 fully saturated rings.